The fourth-order valence-electron chi connectivity index (χ4n) is 4.38. The van der Waals surface area contributed by atoms with Crippen molar-refractivity contribution in [3.63, 3.8) is 0 Å². The Balaban J connectivity index is 1.62. The quantitative estimate of drug-likeness (QED) is 0.298. The van der Waals surface area contributed by atoms with Gasteiger partial charge >= 0.3 is 5.97 Å². The summed E-state index contributed by atoms with van der Waals surface area (Å²) in [4.78, 5) is 29.3. The molecule has 36 heavy (non-hydrogen) atoms. The van der Waals surface area contributed by atoms with Crippen LogP contribution in [0.25, 0.3) is 33.2 Å². The number of methoxy groups -OCH3 is 1. The molecule has 0 fully saturated rings. The number of fused-ring (bicyclic) bond motifs is 2. The number of pyridine rings is 1. The second-order valence-electron chi connectivity index (χ2n) is 8.68. The third-order valence-electron chi connectivity index (χ3n) is 6.15. The van der Waals surface area contributed by atoms with Crippen LogP contribution in [-0.4, -0.2) is 23.2 Å². The van der Waals surface area contributed by atoms with Crippen LogP contribution in [0.1, 0.15) is 34.5 Å². The number of nitrogens with one attached hydrogen (secondary N) is 1. The molecule has 180 valence electrons. The van der Waals surface area contributed by atoms with Crippen LogP contribution in [0.15, 0.2) is 82.0 Å². The topological polar surface area (TPSA) is 102 Å². The summed E-state index contributed by atoms with van der Waals surface area (Å²) >= 11 is 0. The number of rotatable bonds is 6. The summed E-state index contributed by atoms with van der Waals surface area (Å²) in [5.41, 5.74) is 4.16. The Morgan fingerprint density at radius 2 is 1.86 bits per heavy atom. The molecule has 0 saturated heterocycles. The first-order valence-electron chi connectivity index (χ1n) is 11.5. The summed E-state index contributed by atoms with van der Waals surface area (Å²) in [5, 5.41) is 14.2. The second-order valence-corrected chi connectivity index (χ2v) is 8.68. The highest BCUT2D eigenvalue weighted by atomic mass is 16.5. The minimum Gasteiger partial charge on any atom is -0.481 e. The number of nitrogens with zero attached hydrogens (tertiary/aromatic N) is 1. The van der Waals surface area contributed by atoms with Gasteiger partial charge in [-0.15, -0.1) is 0 Å². The van der Waals surface area contributed by atoms with Crippen molar-refractivity contribution in [1.29, 1.82) is 0 Å². The van der Waals surface area contributed by atoms with Crippen molar-refractivity contribution in [3.8, 4) is 17.2 Å². The standard InChI is InChI=1S/C29H24N2O5/c1-16-12-21(17(2)30-24-7-5-4-6-20(24)29(33)34)28-22(13-16)25(32)15-26(36-28)19-8-10-23-18(14-19)9-11-27(31-23)35-3/h4-15,17,30H,1-3H3,(H,33,34). The molecule has 7 heteroatoms. The van der Waals surface area contributed by atoms with Crippen molar-refractivity contribution < 1.29 is 19.1 Å². The number of benzene rings is 3. The molecule has 7 nitrogen and oxygen atoms in total. The minimum atomic E-state index is -1.02. The first-order valence-corrected chi connectivity index (χ1v) is 11.5. The predicted molar refractivity (Wildman–Crippen MR) is 140 cm³/mol. The molecule has 0 aliphatic heterocycles. The first kappa shape index (κ1) is 23.1. The van der Waals surface area contributed by atoms with Gasteiger partial charge in [0.1, 0.15) is 11.3 Å². The molecule has 0 aliphatic rings. The monoisotopic (exact) mass is 480 g/mol. The van der Waals surface area contributed by atoms with Crippen LogP contribution in [0.3, 0.4) is 0 Å². The van der Waals surface area contributed by atoms with Gasteiger partial charge < -0.3 is 19.6 Å². The van der Waals surface area contributed by atoms with E-state index >= 15 is 0 Å². The molecule has 0 saturated carbocycles. The molecule has 3 aromatic carbocycles. The molecule has 0 radical (unpaired) electrons. The highest BCUT2D eigenvalue weighted by molar-refractivity contribution is 5.94. The fraction of sp³-hybridized carbons (Fsp3) is 0.138. The van der Waals surface area contributed by atoms with Crippen molar-refractivity contribution in [2.24, 2.45) is 0 Å². The number of aromatic carboxylic acids is 1. The van der Waals surface area contributed by atoms with Gasteiger partial charge in [-0.2, -0.15) is 0 Å². The molecule has 5 rings (SSSR count). The third-order valence-corrected chi connectivity index (χ3v) is 6.15. The van der Waals surface area contributed by atoms with Crippen molar-refractivity contribution in [1.82, 2.24) is 4.98 Å². The number of anilines is 1. The summed E-state index contributed by atoms with van der Waals surface area (Å²) in [5.74, 6) is -0.0523. The van der Waals surface area contributed by atoms with E-state index in [9.17, 15) is 14.7 Å². The average Bonchev–Trinajstić information content (AvgIpc) is 2.88. The second kappa shape index (κ2) is 9.19. The van der Waals surface area contributed by atoms with Gasteiger partial charge in [-0.1, -0.05) is 18.2 Å². The van der Waals surface area contributed by atoms with Crippen LogP contribution in [0.5, 0.6) is 5.88 Å². The van der Waals surface area contributed by atoms with Crippen LogP contribution in [0.2, 0.25) is 0 Å². The van der Waals surface area contributed by atoms with Crippen molar-refractivity contribution >= 4 is 33.5 Å². The van der Waals surface area contributed by atoms with Crippen LogP contribution in [0, 0.1) is 6.92 Å². The van der Waals surface area contributed by atoms with E-state index < -0.39 is 5.97 Å². The van der Waals surface area contributed by atoms with Gasteiger partial charge in [0.2, 0.25) is 5.88 Å². The summed E-state index contributed by atoms with van der Waals surface area (Å²) in [6.45, 7) is 3.83. The van der Waals surface area contributed by atoms with Crippen LogP contribution >= 0.6 is 0 Å². The van der Waals surface area contributed by atoms with Crippen LogP contribution in [-0.2, 0) is 0 Å². The Morgan fingerprint density at radius 1 is 1.06 bits per heavy atom. The Bertz CT molecular complexity index is 1690. The van der Waals surface area contributed by atoms with Crippen LogP contribution in [0.4, 0.5) is 5.69 Å². The predicted octanol–water partition coefficient (Wildman–Crippen LogP) is 6.20. The Labute approximate surface area is 207 Å². The SMILES string of the molecule is COc1ccc2cc(-c3cc(=O)c4cc(C)cc(C(C)Nc5ccccc5C(=O)O)c4o3)ccc2n1. The lowest BCUT2D eigenvalue weighted by Crippen LogP contribution is -2.12. The van der Waals surface area contributed by atoms with E-state index in [-0.39, 0.29) is 17.0 Å². The summed E-state index contributed by atoms with van der Waals surface area (Å²) in [6.07, 6.45) is 0. The van der Waals surface area contributed by atoms with Gasteiger partial charge in [-0.3, -0.25) is 4.79 Å². The zero-order chi connectivity index (χ0) is 25.4. The molecule has 0 amide bonds. The lowest BCUT2D eigenvalue weighted by molar-refractivity contribution is 0.0698. The molecule has 1 unspecified atom stereocenters. The number of carboxylic acid groups (broad SMARTS) is 1. The number of aromatic nitrogens is 1. The molecule has 5 aromatic rings. The Hall–Kier alpha value is -4.65. The largest absolute Gasteiger partial charge is 0.481 e. The number of hydrogen-bond acceptors (Lipinski definition) is 6. The number of carbonyl (C=O) groups is 1. The number of carboxylic acids is 1. The lowest BCUT2D eigenvalue weighted by Gasteiger charge is -2.19. The normalized spacial score (nSPS) is 12.0. The maximum Gasteiger partial charge on any atom is 0.337 e. The van der Waals surface area contributed by atoms with Crippen molar-refractivity contribution in [3.05, 3.63) is 99.7 Å². The molecule has 0 bridgehead atoms. The summed E-state index contributed by atoms with van der Waals surface area (Å²) in [7, 11) is 1.57. The lowest BCUT2D eigenvalue weighted by atomic mass is 10.00. The van der Waals surface area contributed by atoms with Gasteiger partial charge in [0.15, 0.2) is 5.43 Å². The van der Waals surface area contributed by atoms with Crippen molar-refractivity contribution in [2.45, 2.75) is 19.9 Å². The minimum absolute atomic E-state index is 0.151. The molecular weight excluding hydrogens is 456 g/mol. The van der Waals surface area contributed by atoms with E-state index in [0.717, 1.165) is 27.6 Å². The number of hydrogen-bond donors (Lipinski definition) is 2. The first-order chi connectivity index (χ1) is 17.3. The summed E-state index contributed by atoms with van der Waals surface area (Å²) in [6, 6.07) is 21.0. The Kier molecular flexibility index (Phi) is 5.90. The van der Waals surface area contributed by atoms with Gasteiger partial charge in [0.05, 0.1) is 29.6 Å². The number of para-hydroxylation sites is 1. The van der Waals surface area contributed by atoms with E-state index in [2.05, 4.69) is 10.3 Å². The molecule has 2 N–H and O–H groups in total. The third kappa shape index (κ3) is 4.27. The molecule has 0 spiro atoms. The molecular formula is C29H24N2O5. The van der Waals surface area contributed by atoms with E-state index in [4.69, 9.17) is 9.15 Å². The average molecular weight is 481 g/mol. The van der Waals surface area contributed by atoms with Gasteiger partial charge in [-0.05, 0) is 61.9 Å². The van der Waals surface area contributed by atoms with E-state index in [1.54, 1.807) is 37.4 Å². The molecule has 0 aliphatic carbocycles. The Morgan fingerprint density at radius 3 is 2.64 bits per heavy atom. The maximum absolute atomic E-state index is 13.2. The molecule has 2 aromatic heterocycles. The highest BCUT2D eigenvalue weighted by Gasteiger charge is 2.18. The van der Waals surface area contributed by atoms with Gasteiger partial charge in [-0.25, -0.2) is 9.78 Å². The number of ether oxygens (including phenoxy) is 1. The van der Waals surface area contributed by atoms with E-state index in [1.807, 2.05) is 50.2 Å². The van der Waals surface area contributed by atoms with Crippen LogP contribution < -0.4 is 15.5 Å². The fourth-order valence-corrected chi connectivity index (χ4v) is 4.38. The smallest absolute Gasteiger partial charge is 0.337 e. The zero-order valence-corrected chi connectivity index (χ0v) is 20.0. The van der Waals surface area contributed by atoms with E-state index in [1.165, 1.54) is 6.07 Å². The van der Waals surface area contributed by atoms with E-state index in [0.29, 0.717) is 28.3 Å². The zero-order valence-electron chi connectivity index (χ0n) is 20.0. The van der Waals surface area contributed by atoms with Gasteiger partial charge in [0, 0.05) is 34.3 Å². The number of aryl methyl sites for hydroxylation is 1. The highest BCUT2D eigenvalue weighted by Crippen LogP contribution is 2.32. The maximum atomic E-state index is 13.2. The summed E-state index contributed by atoms with van der Waals surface area (Å²) < 4.78 is 11.5. The molecule has 2 heterocycles. The van der Waals surface area contributed by atoms with Gasteiger partial charge in [0.25, 0.3) is 0 Å². The molecule has 1 atom stereocenters. The van der Waals surface area contributed by atoms with Crippen molar-refractivity contribution in [2.75, 3.05) is 12.4 Å².